The normalized spacial score (nSPS) is 17.8. The van der Waals surface area contributed by atoms with Crippen molar-refractivity contribution in [2.45, 2.75) is 13.5 Å². The second kappa shape index (κ2) is 8.12. The number of carbonyl (C=O) groups excluding carboxylic acids is 2. The molecule has 3 rings (SSSR count). The Labute approximate surface area is 169 Å². The van der Waals surface area contributed by atoms with Crippen molar-refractivity contribution in [1.29, 1.82) is 0 Å². The summed E-state index contributed by atoms with van der Waals surface area (Å²) in [5, 5.41) is 2.79. The summed E-state index contributed by atoms with van der Waals surface area (Å²) in [6.07, 6.45) is 0. The molecule has 1 atom stereocenters. The number of carbonyl (C=O) groups is 2. The van der Waals surface area contributed by atoms with Crippen LogP contribution in [0.1, 0.15) is 22.8 Å². The Bertz CT molecular complexity index is 1030. The first-order valence-electron chi connectivity index (χ1n) is 8.93. The SMILES string of the molecule is COc1ccc(CNC(=O)c2ccc(N3C(=O)[C@@H](C)CS3(=O)=O)cc2)cc1OC. The average molecular weight is 418 g/mol. The first-order valence-corrected chi connectivity index (χ1v) is 10.5. The standard InChI is InChI=1S/C20H22N2O6S/c1-13-12-29(25,26)22(20(13)24)16-7-5-15(6-8-16)19(23)21-11-14-4-9-17(27-2)18(10-14)28-3/h4-10,13H,11-12H2,1-3H3,(H,21,23)/t13-/m0/s1. The Morgan fingerprint density at radius 1 is 1.10 bits per heavy atom. The minimum atomic E-state index is -3.67. The molecule has 29 heavy (non-hydrogen) atoms. The van der Waals surface area contributed by atoms with Gasteiger partial charge in [0.05, 0.1) is 31.6 Å². The van der Waals surface area contributed by atoms with Gasteiger partial charge >= 0.3 is 0 Å². The lowest BCUT2D eigenvalue weighted by molar-refractivity contribution is -0.119. The van der Waals surface area contributed by atoms with Crippen LogP contribution in [0.4, 0.5) is 5.69 Å². The maximum absolute atomic E-state index is 12.4. The molecule has 1 aliphatic rings. The molecule has 2 aromatic rings. The molecule has 2 aromatic carbocycles. The highest BCUT2D eigenvalue weighted by atomic mass is 32.2. The van der Waals surface area contributed by atoms with Crippen LogP contribution in [-0.4, -0.2) is 40.2 Å². The van der Waals surface area contributed by atoms with Gasteiger partial charge in [0.25, 0.3) is 5.91 Å². The third-order valence-electron chi connectivity index (χ3n) is 4.63. The topological polar surface area (TPSA) is 102 Å². The molecule has 0 unspecified atom stereocenters. The summed E-state index contributed by atoms with van der Waals surface area (Å²) in [6, 6.07) is 11.2. The molecule has 0 radical (unpaired) electrons. The molecule has 1 heterocycles. The van der Waals surface area contributed by atoms with Crippen LogP contribution in [0.25, 0.3) is 0 Å². The van der Waals surface area contributed by atoms with E-state index in [9.17, 15) is 18.0 Å². The van der Waals surface area contributed by atoms with Gasteiger partial charge in [0.1, 0.15) is 0 Å². The zero-order valence-electron chi connectivity index (χ0n) is 16.3. The highest BCUT2D eigenvalue weighted by molar-refractivity contribution is 7.94. The molecule has 0 saturated carbocycles. The van der Waals surface area contributed by atoms with Crippen LogP contribution < -0.4 is 19.1 Å². The fraction of sp³-hybridized carbons (Fsp3) is 0.300. The summed E-state index contributed by atoms with van der Waals surface area (Å²) in [4.78, 5) is 24.6. The van der Waals surface area contributed by atoms with Crippen molar-refractivity contribution < 1.29 is 27.5 Å². The van der Waals surface area contributed by atoms with E-state index in [1.165, 1.54) is 31.4 Å². The maximum atomic E-state index is 12.4. The number of methoxy groups -OCH3 is 2. The quantitative estimate of drug-likeness (QED) is 0.769. The molecule has 9 heteroatoms. The van der Waals surface area contributed by atoms with Crippen molar-refractivity contribution in [3.63, 3.8) is 0 Å². The van der Waals surface area contributed by atoms with Crippen molar-refractivity contribution in [1.82, 2.24) is 5.32 Å². The van der Waals surface area contributed by atoms with Crippen LogP contribution in [0.15, 0.2) is 42.5 Å². The number of benzene rings is 2. The first kappa shape index (κ1) is 20.7. The van der Waals surface area contributed by atoms with Gasteiger partial charge in [-0.25, -0.2) is 12.7 Å². The largest absolute Gasteiger partial charge is 0.493 e. The molecular weight excluding hydrogens is 396 g/mol. The molecular formula is C20H22N2O6S. The molecule has 0 aromatic heterocycles. The fourth-order valence-corrected chi connectivity index (χ4v) is 4.93. The monoisotopic (exact) mass is 418 g/mol. The van der Waals surface area contributed by atoms with E-state index in [1.54, 1.807) is 26.2 Å². The number of ether oxygens (including phenoxy) is 2. The van der Waals surface area contributed by atoms with Gasteiger partial charge in [0.15, 0.2) is 11.5 Å². The van der Waals surface area contributed by atoms with Gasteiger partial charge in [-0.15, -0.1) is 0 Å². The molecule has 8 nitrogen and oxygen atoms in total. The Hall–Kier alpha value is -3.07. The molecule has 2 amide bonds. The van der Waals surface area contributed by atoms with Crippen LogP contribution in [-0.2, 0) is 21.4 Å². The smallest absolute Gasteiger partial charge is 0.251 e. The van der Waals surface area contributed by atoms with Crippen LogP contribution >= 0.6 is 0 Å². The maximum Gasteiger partial charge on any atom is 0.251 e. The lowest BCUT2D eigenvalue weighted by Gasteiger charge is -2.15. The minimum Gasteiger partial charge on any atom is -0.493 e. The van der Waals surface area contributed by atoms with E-state index in [4.69, 9.17) is 9.47 Å². The van der Waals surface area contributed by atoms with Crippen molar-refractivity contribution in [3.05, 3.63) is 53.6 Å². The van der Waals surface area contributed by atoms with Gasteiger partial charge in [0.2, 0.25) is 15.9 Å². The third kappa shape index (κ3) is 4.19. The Morgan fingerprint density at radius 3 is 2.31 bits per heavy atom. The Morgan fingerprint density at radius 2 is 1.76 bits per heavy atom. The second-order valence-electron chi connectivity index (χ2n) is 6.70. The Balaban J connectivity index is 1.69. The zero-order valence-corrected chi connectivity index (χ0v) is 17.2. The number of nitrogens with one attached hydrogen (secondary N) is 1. The zero-order chi connectivity index (χ0) is 21.2. The molecule has 1 fully saturated rings. The van der Waals surface area contributed by atoms with Crippen LogP contribution in [0.5, 0.6) is 11.5 Å². The summed E-state index contributed by atoms with van der Waals surface area (Å²) in [5.74, 6) is -0.414. The molecule has 0 spiro atoms. The number of sulfonamides is 1. The summed E-state index contributed by atoms with van der Waals surface area (Å²) < 4.78 is 35.6. The molecule has 1 aliphatic heterocycles. The van der Waals surface area contributed by atoms with E-state index in [2.05, 4.69) is 5.32 Å². The molecule has 154 valence electrons. The van der Waals surface area contributed by atoms with Crippen molar-refractivity contribution in [2.24, 2.45) is 5.92 Å². The number of hydrogen-bond acceptors (Lipinski definition) is 6. The minimum absolute atomic E-state index is 0.209. The highest BCUT2D eigenvalue weighted by Gasteiger charge is 2.41. The summed E-state index contributed by atoms with van der Waals surface area (Å²) in [6.45, 7) is 1.85. The van der Waals surface area contributed by atoms with E-state index in [1.807, 2.05) is 6.07 Å². The van der Waals surface area contributed by atoms with E-state index in [-0.39, 0.29) is 23.9 Å². The number of anilines is 1. The van der Waals surface area contributed by atoms with Gasteiger partial charge in [-0.3, -0.25) is 9.59 Å². The summed E-state index contributed by atoms with van der Waals surface area (Å²) >= 11 is 0. The highest BCUT2D eigenvalue weighted by Crippen LogP contribution is 2.29. The predicted molar refractivity (Wildman–Crippen MR) is 108 cm³/mol. The summed E-state index contributed by atoms with van der Waals surface area (Å²) in [5.41, 5.74) is 1.41. The lowest BCUT2D eigenvalue weighted by atomic mass is 10.1. The van der Waals surface area contributed by atoms with Gasteiger partial charge in [-0.05, 0) is 42.0 Å². The third-order valence-corrected chi connectivity index (χ3v) is 6.49. The van der Waals surface area contributed by atoms with Gasteiger partial charge in [0, 0.05) is 12.1 Å². The van der Waals surface area contributed by atoms with Gasteiger partial charge < -0.3 is 14.8 Å². The van der Waals surface area contributed by atoms with E-state index in [0.717, 1.165) is 9.87 Å². The molecule has 0 aliphatic carbocycles. The number of amides is 2. The average Bonchev–Trinajstić information content (AvgIpc) is 2.92. The van der Waals surface area contributed by atoms with Crippen LogP contribution in [0.2, 0.25) is 0 Å². The van der Waals surface area contributed by atoms with E-state index < -0.39 is 21.8 Å². The number of rotatable bonds is 6. The summed E-state index contributed by atoms with van der Waals surface area (Å²) in [7, 11) is -0.587. The van der Waals surface area contributed by atoms with Crippen LogP contribution in [0.3, 0.4) is 0 Å². The number of nitrogens with zero attached hydrogens (tertiary/aromatic N) is 1. The second-order valence-corrected chi connectivity index (χ2v) is 8.56. The van der Waals surface area contributed by atoms with Crippen molar-refractivity contribution in [2.75, 3.05) is 24.3 Å². The lowest BCUT2D eigenvalue weighted by Crippen LogP contribution is -2.30. The molecule has 1 N–H and O–H groups in total. The van der Waals surface area contributed by atoms with E-state index >= 15 is 0 Å². The first-order chi connectivity index (χ1) is 13.8. The molecule has 0 bridgehead atoms. The Kier molecular flexibility index (Phi) is 5.78. The van der Waals surface area contributed by atoms with Gasteiger partial charge in [-0.2, -0.15) is 0 Å². The van der Waals surface area contributed by atoms with Crippen molar-refractivity contribution in [3.8, 4) is 11.5 Å². The van der Waals surface area contributed by atoms with E-state index in [0.29, 0.717) is 17.1 Å². The predicted octanol–water partition coefficient (Wildman–Crippen LogP) is 1.95. The van der Waals surface area contributed by atoms with Crippen molar-refractivity contribution >= 4 is 27.5 Å². The fourth-order valence-electron chi connectivity index (χ4n) is 3.11. The van der Waals surface area contributed by atoms with Crippen LogP contribution in [0, 0.1) is 5.92 Å². The van der Waals surface area contributed by atoms with Gasteiger partial charge in [-0.1, -0.05) is 13.0 Å². The molecule has 1 saturated heterocycles. The number of hydrogen-bond donors (Lipinski definition) is 1.